The van der Waals surface area contributed by atoms with Crippen LogP contribution in [0.1, 0.15) is 23.2 Å². The number of halogens is 4. The first-order valence-electron chi connectivity index (χ1n) is 7.64. The van der Waals surface area contributed by atoms with Crippen molar-refractivity contribution in [3.8, 4) is 0 Å². The monoisotopic (exact) mass is 372 g/mol. The molecule has 1 aromatic carbocycles. The third-order valence-electron chi connectivity index (χ3n) is 5.09. The minimum Gasteiger partial charge on any atom is -0.459 e. The number of ether oxygens (including phenoxy) is 1. The van der Waals surface area contributed by atoms with Crippen molar-refractivity contribution in [2.75, 3.05) is 0 Å². The number of hydrazone groups is 1. The van der Waals surface area contributed by atoms with Gasteiger partial charge in [-0.25, -0.2) is 0 Å². The van der Waals surface area contributed by atoms with E-state index in [9.17, 15) is 22.8 Å². The second kappa shape index (κ2) is 5.20. The summed E-state index contributed by atoms with van der Waals surface area (Å²) < 4.78 is 46.5. The molecule has 3 aliphatic heterocycles. The molecule has 0 radical (unpaired) electrons. The van der Waals surface area contributed by atoms with E-state index in [4.69, 9.17) is 16.3 Å². The molecule has 3 heterocycles. The van der Waals surface area contributed by atoms with Crippen molar-refractivity contribution in [2.24, 2.45) is 10.5 Å². The fourth-order valence-corrected chi connectivity index (χ4v) is 4.06. The molecule has 0 aliphatic carbocycles. The van der Waals surface area contributed by atoms with Crippen molar-refractivity contribution in [3.63, 3.8) is 0 Å². The van der Waals surface area contributed by atoms with E-state index in [1.165, 1.54) is 30.5 Å². The molecule has 1 aromatic rings. The van der Waals surface area contributed by atoms with E-state index in [2.05, 4.69) is 5.10 Å². The highest BCUT2D eigenvalue weighted by Gasteiger charge is 2.78. The Balaban J connectivity index is 1.77. The van der Waals surface area contributed by atoms with Gasteiger partial charge in [0.15, 0.2) is 11.2 Å². The third-order valence-corrected chi connectivity index (χ3v) is 5.34. The molecule has 0 amide bonds. The molecule has 9 heteroatoms. The second-order valence-corrected chi connectivity index (χ2v) is 6.80. The molecular weight excluding hydrogens is 361 g/mol. The Morgan fingerprint density at radius 3 is 2.64 bits per heavy atom. The molecule has 0 aromatic heterocycles. The summed E-state index contributed by atoms with van der Waals surface area (Å²) in [4.78, 5) is 25.0. The Morgan fingerprint density at radius 2 is 2.00 bits per heavy atom. The van der Waals surface area contributed by atoms with Gasteiger partial charge in [-0.1, -0.05) is 11.6 Å². The minimum atomic E-state index is -4.83. The van der Waals surface area contributed by atoms with E-state index in [0.29, 0.717) is 5.02 Å². The molecule has 0 saturated carbocycles. The zero-order chi connectivity index (χ0) is 18.0. The van der Waals surface area contributed by atoms with Crippen molar-refractivity contribution < 1.29 is 27.5 Å². The van der Waals surface area contributed by atoms with Crippen LogP contribution in [0.25, 0.3) is 0 Å². The van der Waals surface area contributed by atoms with E-state index in [1.54, 1.807) is 0 Å². The lowest BCUT2D eigenvalue weighted by molar-refractivity contribution is -0.224. The van der Waals surface area contributed by atoms with Crippen LogP contribution < -0.4 is 0 Å². The number of nitrogens with zero attached hydrogens (tertiary/aromatic N) is 2. The van der Waals surface area contributed by atoms with Gasteiger partial charge in [0.05, 0.1) is 0 Å². The molecule has 5 nitrogen and oxygen atoms in total. The van der Waals surface area contributed by atoms with E-state index < -0.39 is 48.0 Å². The first-order chi connectivity index (χ1) is 11.8. The van der Waals surface area contributed by atoms with Gasteiger partial charge >= 0.3 is 12.1 Å². The Hall–Kier alpha value is -2.09. The molecule has 25 heavy (non-hydrogen) atoms. The molecule has 4 atom stereocenters. The topological polar surface area (TPSA) is 59.0 Å². The van der Waals surface area contributed by atoms with Gasteiger partial charge < -0.3 is 4.74 Å². The second-order valence-electron chi connectivity index (χ2n) is 6.36. The number of carbonyl (C=O) groups excluding carboxylic acids is 2. The smallest absolute Gasteiger partial charge is 0.407 e. The number of esters is 1. The highest BCUT2D eigenvalue weighted by Crippen LogP contribution is 2.58. The standard InChI is InChI=1S/C16H12ClF3N2O3/c17-9-3-1-8(2-4-9)12(23)10-7-15(16(18,19)20)13-11(25-14(15)24)5-6-21-22(10)13/h1-4,6,10-11,13H,5,7H2/t10-,11+,13-,15+/m1/s1. The molecule has 2 saturated heterocycles. The van der Waals surface area contributed by atoms with Gasteiger partial charge in [-0.05, 0) is 24.3 Å². The lowest BCUT2D eigenvalue weighted by atomic mass is 9.77. The van der Waals surface area contributed by atoms with Crippen molar-refractivity contribution >= 4 is 29.6 Å². The number of hydrogen-bond donors (Lipinski definition) is 0. The van der Waals surface area contributed by atoms with Crippen molar-refractivity contribution in [1.29, 1.82) is 0 Å². The number of carbonyl (C=O) groups is 2. The predicted octanol–water partition coefficient (Wildman–Crippen LogP) is 2.83. The SMILES string of the molecule is O=C(c1ccc(Cl)cc1)[C@H]1C[C@@]2(C(F)(F)F)C(=O)O[C@H]3CC=NN1[C@H]32. The molecule has 3 aliphatic rings. The molecule has 2 fully saturated rings. The Morgan fingerprint density at radius 1 is 1.32 bits per heavy atom. The van der Waals surface area contributed by atoms with E-state index in [-0.39, 0.29) is 12.0 Å². The summed E-state index contributed by atoms with van der Waals surface area (Å²) in [5, 5.41) is 5.51. The number of Topliss-reactive ketones (excluding diaryl/α,β-unsaturated/α-hetero) is 1. The van der Waals surface area contributed by atoms with Crippen molar-refractivity contribution in [3.05, 3.63) is 34.9 Å². The van der Waals surface area contributed by atoms with Gasteiger partial charge in [0.2, 0.25) is 0 Å². The van der Waals surface area contributed by atoms with Crippen LogP contribution >= 0.6 is 11.6 Å². The predicted molar refractivity (Wildman–Crippen MR) is 81.3 cm³/mol. The van der Waals surface area contributed by atoms with Gasteiger partial charge in [0.1, 0.15) is 18.2 Å². The fourth-order valence-electron chi connectivity index (χ4n) is 3.93. The van der Waals surface area contributed by atoms with Crippen LogP contribution in [-0.4, -0.2) is 47.3 Å². The van der Waals surface area contributed by atoms with E-state index >= 15 is 0 Å². The van der Waals surface area contributed by atoms with Crippen LogP contribution in [0.3, 0.4) is 0 Å². The molecule has 0 unspecified atom stereocenters. The number of hydrogen-bond acceptors (Lipinski definition) is 5. The lowest BCUT2D eigenvalue weighted by Gasteiger charge is -2.33. The largest absolute Gasteiger partial charge is 0.459 e. The molecule has 0 spiro atoms. The Kier molecular flexibility index (Phi) is 3.41. The average Bonchev–Trinajstić information content (AvgIpc) is 3.06. The molecule has 0 N–H and O–H groups in total. The van der Waals surface area contributed by atoms with Crippen LogP contribution in [0.15, 0.2) is 29.4 Å². The summed E-state index contributed by atoms with van der Waals surface area (Å²) in [5.74, 6) is -1.85. The maximum absolute atomic E-state index is 13.8. The van der Waals surface area contributed by atoms with Crippen molar-refractivity contribution in [1.82, 2.24) is 5.01 Å². The molecular formula is C16H12ClF3N2O3. The highest BCUT2D eigenvalue weighted by atomic mass is 35.5. The zero-order valence-electron chi connectivity index (χ0n) is 12.7. The average molecular weight is 373 g/mol. The summed E-state index contributed by atoms with van der Waals surface area (Å²) in [6.07, 6.45) is -4.99. The first-order valence-corrected chi connectivity index (χ1v) is 8.02. The minimum absolute atomic E-state index is 0.104. The van der Waals surface area contributed by atoms with E-state index in [0.717, 1.165) is 5.01 Å². The van der Waals surface area contributed by atoms with E-state index in [1.807, 2.05) is 0 Å². The number of ketones is 1. The first kappa shape index (κ1) is 16.4. The quantitative estimate of drug-likeness (QED) is 0.591. The third kappa shape index (κ3) is 2.13. The van der Waals surface area contributed by atoms with Crippen molar-refractivity contribution in [2.45, 2.75) is 37.2 Å². The Labute approximate surface area is 145 Å². The Bertz CT molecular complexity index is 780. The molecule has 132 valence electrons. The van der Waals surface area contributed by atoms with Gasteiger partial charge in [-0.3, -0.25) is 14.6 Å². The van der Waals surface area contributed by atoms with Crippen LogP contribution in [0.5, 0.6) is 0 Å². The number of benzene rings is 1. The summed E-state index contributed by atoms with van der Waals surface area (Å²) in [7, 11) is 0. The summed E-state index contributed by atoms with van der Waals surface area (Å²) in [6, 6.07) is 3.37. The fraction of sp³-hybridized carbons (Fsp3) is 0.438. The van der Waals surface area contributed by atoms with Gasteiger partial charge in [0.25, 0.3) is 0 Å². The maximum Gasteiger partial charge on any atom is 0.407 e. The maximum atomic E-state index is 13.8. The summed E-state index contributed by atoms with van der Waals surface area (Å²) in [6.45, 7) is 0. The van der Waals surface area contributed by atoms with Crippen LogP contribution in [0.4, 0.5) is 13.2 Å². The van der Waals surface area contributed by atoms with Crippen LogP contribution in [0, 0.1) is 5.41 Å². The molecule has 4 rings (SSSR count). The summed E-state index contributed by atoms with van der Waals surface area (Å²) in [5.41, 5.74) is -2.50. The van der Waals surface area contributed by atoms with Crippen LogP contribution in [-0.2, 0) is 9.53 Å². The van der Waals surface area contributed by atoms with Crippen LogP contribution in [0.2, 0.25) is 5.02 Å². The highest BCUT2D eigenvalue weighted by molar-refractivity contribution is 6.30. The lowest BCUT2D eigenvalue weighted by Crippen LogP contribution is -2.52. The number of rotatable bonds is 2. The number of alkyl halides is 3. The van der Waals surface area contributed by atoms with Gasteiger partial charge in [-0.2, -0.15) is 18.3 Å². The van der Waals surface area contributed by atoms with Gasteiger partial charge in [0, 0.05) is 29.6 Å². The normalized spacial score (nSPS) is 33.4. The van der Waals surface area contributed by atoms with Gasteiger partial charge in [-0.15, -0.1) is 0 Å². The zero-order valence-corrected chi connectivity index (χ0v) is 13.4. The summed E-state index contributed by atoms with van der Waals surface area (Å²) >= 11 is 5.78. The molecule has 0 bridgehead atoms.